The number of ether oxygens (including phenoxy) is 1. The maximum absolute atomic E-state index is 13.0. The number of nitrogens with zero attached hydrogens (tertiary/aromatic N) is 2. The lowest BCUT2D eigenvalue weighted by molar-refractivity contribution is -0.175. The summed E-state index contributed by atoms with van der Waals surface area (Å²) in [5, 5.41) is 2.59. The van der Waals surface area contributed by atoms with Gasteiger partial charge in [0.25, 0.3) is 5.91 Å². The van der Waals surface area contributed by atoms with Crippen LogP contribution >= 0.6 is 11.3 Å². The Morgan fingerprint density at radius 3 is 2.88 bits per heavy atom. The van der Waals surface area contributed by atoms with E-state index in [0.29, 0.717) is 18.7 Å². The van der Waals surface area contributed by atoms with Crippen LogP contribution in [-0.4, -0.2) is 40.5 Å². The van der Waals surface area contributed by atoms with Gasteiger partial charge in [0.05, 0.1) is 5.69 Å². The SMILES string of the molecule is O=C1O[C@@H](Cc2csc(-c3ccc(F)cc3)n2)C(=O)N2CCC[C@@H]12. The summed E-state index contributed by atoms with van der Waals surface area (Å²) in [6.45, 7) is 0.618. The van der Waals surface area contributed by atoms with Gasteiger partial charge < -0.3 is 9.64 Å². The van der Waals surface area contributed by atoms with Gasteiger partial charge in [-0.1, -0.05) is 0 Å². The van der Waals surface area contributed by atoms with Crippen LogP contribution in [0.4, 0.5) is 4.39 Å². The van der Waals surface area contributed by atoms with Crippen LogP contribution in [-0.2, 0) is 20.7 Å². The standard InChI is InChI=1S/C17H15FN2O3S/c18-11-5-3-10(4-6-11)15-19-12(9-24-15)8-14-16(21)20-7-1-2-13(20)17(22)23-14/h3-6,9,13-14H,1-2,7-8H2/t13-,14-/m0/s1. The molecule has 3 heterocycles. The van der Waals surface area contributed by atoms with E-state index in [-0.39, 0.29) is 24.1 Å². The molecule has 124 valence electrons. The molecule has 2 aliphatic rings. The van der Waals surface area contributed by atoms with Gasteiger partial charge in [0.1, 0.15) is 16.9 Å². The Hall–Kier alpha value is -2.28. The lowest BCUT2D eigenvalue weighted by Gasteiger charge is -2.33. The summed E-state index contributed by atoms with van der Waals surface area (Å²) in [7, 11) is 0. The quantitative estimate of drug-likeness (QED) is 0.801. The molecule has 0 spiro atoms. The number of aromatic nitrogens is 1. The molecule has 24 heavy (non-hydrogen) atoms. The zero-order valence-corrected chi connectivity index (χ0v) is 13.6. The monoisotopic (exact) mass is 346 g/mol. The number of carbonyl (C=O) groups is 2. The summed E-state index contributed by atoms with van der Waals surface area (Å²) < 4.78 is 18.3. The highest BCUT2D eigenvalue weighted by Crippen LogP contribution is 2.28. The number of halogens is 1. The predicted molar refractivity (Wildman–Crippen MR) is 85.8 cm³/mol. The number of rotatable bonds is 3. The molecule has 0 saturated carbocycles. The lowest BCUT2D eigenvalue weighted by atomic mass is 10.1. The number of fused-ring (bicyclic) bond motifs is 1. The van der Waals surface area contributed by atoms with Crippen LogP contribution < -0.4 is 0 Å². The van der Waals surface area contributed by atoms with E-state index in [4.69, 9.17) is 4.74 Å². The highest BCUT2D eigenvalue weighted by molar-refractivity contribution is 7.13. The predicted octanol–water partition coefficient (Wildman–Crippen LogP) is 2.41. The Balaban J connectivity index is 1.50. The highest BCUT2D eigenvalue weighted by Gasteiger charge is 2.44. The number of carbonyl (C=O) groups excluding carboxylic acids is 2. The first kappa shape index (κ1) is 15.3. The van der Waals surface area contributed by atoms with Crippen molar-refractivity contribution < 1.29 is 18.7 Å². The van der Waals surface area contributed by atoms with E-state index < -0.39 is 12.1 Å². The van der Waals surface area contributed by atoms with Gasteiger partial charge in [0, 0.05) is 23.9 Å². The van der Waals surface area contributed by atoms with E-state index in [1.54, 1.807) is 17.0 Å². The number of thiazole rings is 1. The Kier molecular flexibility index (Phi) is 3.80. The van der Waals surface area contributed by atoms with Gasteiger partial charge in [-0.25, -0.2) is 14.2 Å². The van der Waals surface area contributed by atoms with E-state index >= 15 is 0 Å². The Bertz CT molecular complexity index is 789. The van der Waals surface area contributed by atoms with Crippen LogP contribution in [0, 0.1) is 5.82 Å². The maximum Gasteiger partial charge on any atom is 0.329 e. The molecule has 0 bridgehead atoms. The fourth-order valence-corrected chi connectivity index (χ4v) is 4.01. The molecule has 4 rings (SSSR count). The molecule has 1 aromatic carbocycles. The van der Waals surface area contributed by atoms with Crippen molar-refractivity contribution in [2.75, 3.05) is 6.54 Å². The van der Waals surface area contributed by atoms with Crippen molar-refractivity contribution in [3.63, 3.8) is 0 Å². The molecular weight excluding hydrogens is 331 g/mol. The van der Waals surface area contributed by atoms with Gasteiger partial charge in [-0.2, -0.15) is 0 Å². The third kappa shape index (κ3) is 2.69. The molecule has 1 amide bonds. The second-order valence-electron chi connectivity index (χ2n) is 5.97. The topological polar surface area (TPSA) is 59.5 Å². The van der Waals surface area contributed by atoms with E-state index in [0.717, 1.165) is 17.0 Å². The van der Waals surface area contributed by atoms with Crippen molar-refractivity contribution in [3.05, 3.63) is 41.2 Å². The molecule has 0 unspecified atom stereocenters. The Morgan fingerprint density at radius 1 is 1.29 bits per heavy atom. The average Bonchev–Trinajstić information content (AvgIpc) is 3.23. The van der Waals surface area contributed by atoms with Gasteiger partial charge in [0.2, 0.25) is 0 Å². The number of esters is 1. The van der Waals surface area contributed by atoms with Crippen LogP contribution in [0.25, 0.3) is 10.6 Å². The fourth-order valence-electron chi connectivity index (χ4n) is 3.17. The summed E-state index contributed by atoms with van der Waals surface area (Å²) in [5.74, 6) is -0.741. The maximum atomic E-state index is 13.0. The first-order chi connectivity index (χ1) is 11.6. The number of cyclic esters (lactones) is 1. The molecule has 2 atom stereocenters. The van der Waals surface area contributed by atoms with Crippen LogP contribution in [0.15, 0.2) is 29.6 Å². The molecule has 0 aliphatic carbocycles. The Morgan fingerprint density at radius 2 is 2.08 bits per heavy atom. The van der Waals surface area contributed by atoms with Crippen molar-refractivity contribution in [2.45, 2.75) is 31.4 Å². The fraction of sp³-hybridized carbons (Fsp3) is 0.353. The van der Waals surface area contributed by atoms with E-state index in [1.165, 1.54) is 23.5 Å². The van der Waals surface area contributed by atoms with Crippen LogP contribution in [0.2, 0.25) is 0 Å². The smallest absolute Gasteiger partial charge is 0.329 e. The molecule has 2 aromatic rings. The van der Waals surface area contributed by atoms with Crippen molar-refractivity contribution in [1.82, 2.24) is 9.88 Å². The van der Waals surface area contributed by atoms with Gasteiger partial charge in [-0.05, 0) is 37.1 Å². The molecule has 2 fully saturated rings. The van der Waals surface area contributed by atoms with Crippen LogP contribution in [0.3, 0.4) is 0 Å². The number of hydrogen-bond acceptors (Lipinski definition) is 5. The minimum Gasteiger partial charge on any atom is -0.450 e. The highest BCUT2D eigenvalue weighted by atomic mass is 32.1. The normalized spacial score (nSPS) is 23.3. The summed E-state index contributed by atoms with van der Waals surface area (Å²) in [6.07, 6.45) is 0.993. The van der Waals surface area contributed by atoms with Crippen molar-refractivity contribution in [3.8, 4) is 10.6 Å². The largest absolute Gasteiger partial charge is 0.450 e. The Labute approximate surface area is 142 Å². The molecule has 2 aliphatic heterocycles. The molecule has 5 nitrogen and oxygen atoms in total. The summed E-state index contributed by atoms with van der Waals surface area (Å²) in [4.78, 5) is 30.6. The molecule has 2 saturated heterocycles. The van der Waals surface area contributed by atoms with Crippen LogP contribution in [0.5, 0.6) is 0 Å². The van der Waals surface area contributed by atoms with Crippen LogP contribution in [0.1, 0.15) is 18.5 Å². The third-order valence-corrected chi connectivity index (χ3v) is 5.32. The number of hydrogen-bond donors (Lipinski definition) is 0. The number of morpholine rings is 1. The zero-order chi connectivity index (χ0) is 16.7. The minimum absolute atomic E-state index is 0.131. The minimum atomic E-state index is -0.796. The van der Waals surface area contributed by atoms with E-state index in [2.05, 4.69) is 4.98 Å². The second-order valence-corrected chi connectivity index (χ2v) is 6.83. The number of amides is 1. The summed E-state index contributed by atoms with van der Waals surface area (Å²) >= 11 is 1.42. The third-order valence-electron chi connectivity index (χ3n) is 4.38. The molecule has 0 radical (unpaired) electrons. The molecule has 0 N–H and O–H groups in total. The van der Waals surface area contributed by atoms with E-state index in [1.807, 2.05) is 5.38 Å². The molecular formula is C17H15FN2O3S. The zero-order valence-electron chi connectivity index (χ0n) is 12.8. The van der Waals surface area contributed by atoms with Crippen molar-refractivity contribution in [2.24, 2.45) is 0 Å². The first-order valence-corrected chi connectivity index (χ1v) is 8.71. The average molecular weight is 346 g/mol. The molecule has 1 aromatic heterocycles. The summed E-state index contributed by atoms with van der Waals surface area (Å²) in [5.41, 5.74) is 1.52. The summed E-state index contributed by atoms with van der Waals surface area (Å²) in [6, 6.07) is 5.70. The first-order valence-electron chi connectivity index (χ1n) is 7.83. The van der Waals surface area contributed by atoms with Crippen molar-refractivity contribution in [1.29, 1.82) is 0 Å². The second kappa shape index (κ2) is 5.98. The van der Waals surface area contributed by atoms with Crippen molar-refractivity contribution >= 4 is 23.2 Å². The molecule has 7 heteroatoms. The van der Waals surface area contributed by atoms with Gasteiger partial charge in [-0.3, -0.25) is 4.79 Å². The van der Waals surface area contributed by atoms with Gasteiger partial charge >= 0.3 is 5.97 Å². The number of benzene rings is 1. The van der Waals surface area contributed by atoms with E-state index in [9.17, 15) is 14.0 Å². The van der Waals surface area contributed by atoms with Gasteiger partial charge in [-0.15, -0.1) is 11.3 Å². The van der Waals surface area contributed by atoms with Gasteiger partial charge in [0.15, 0.2) is 6.10 Å². The lowest BCUT2D eigenvalue weighted by Crippen LogP contribution is -2.54.